The third-order valence-electron chi connectivity index (χ3n) is 5.56. The van der Waals surface area contributed by atoms with Crippen molar-refractivity contribution < 1.29 is 4.74 Å². The summed E-state index contributed by atoms with van der Waals surface area (Å²) < 4.78 is 6.24. The van der Waals surface area contributed by atoms with Gasteiger partial charge in [0.25, 0.3) is 0 Å². The van der Waals surface area contributed by atoms with Gasteiger partial charge in [0.15, 0.2) is 0 Å². The van der Waals surface area contributed by atoms with Crippen LogP contribution in [0.5, 0.6) is 5.75 Å². The van der Waals surface area contributed by atoms with Crippen molar-refractivity contribution in [3.05, 3.63) is 29.8 Å². The SMILES string of the molecule is CCC(C)c1ccc(OC2CC(Cl)C23CCCC3)cc1. The van der Waals surface area contributed by atoms with E-state index < -0.39 is 0 Å². The number of benzene rings is 1. The smallest absolute Gasteiger partial charge is 0.119 e. The number of hydrogen-bond acceptors (Lipinski definition) is 1. The normalized spacial score (nSPS) is 29.1. The lowest BCUT2D eigenvalue weighted by Gasteiger charge is -2.50. The molecule has 3 atom stereocenters. The Morgan fingerprint density at radius 1 is 1.25 bits per heavy atom. The van der Waals surface area contributed by atoms with Gasteiger partial charge in [0, 0.05) is 17.2 Å². The Labute approximate surface area is 127 Å². The summed E-state index contributed by atoms with van der Waals surface area (Å²) in [6.45, 7) is 4.50. The molecule has 2 heteroatoms. The molecule has 0 N–H and O–H groups in total. The monoisotopic (exact) mass is 292 g/mol. The van der Waals surface area contributed by atoms with E-state index in [1.807, 2.05) is 0 Å². The summed E-state index contributed by atoms with van der Waals surface area (Å²) in [5, 5.41) is 0.328. The van der Waals surface area contributed by atoms with Crippen molar-refractivity contribution in [1.82, 2.24) is 0 Å². The summed E-state index contributed by atoms with van der Waals surface area (Å²) in [5.41, 5.74) is 1.68. The van der Waals surface area contributed by atoms with Crippen LogP contribution in [-0.2, 0) is 0 Å². The van der Waals surface area contributed by atoms with Gasteiger partial charge in [-0.3, -0.25) is 0 Å². The van der Waals surface area contributed by atoms with Gasteiger partial charge in [-0.1, -0.05) is 38.8 Å². The Balaban J connectivity index is 1.66. The quantitative estimate of drug-likeness (QED) is 0.664. The zero-order valence-electron chi connectivity index (χ0n) is 12.6. The number of ether oxygens (including phenoxy) is 1. The highest BCUT2D eigenvalue weighted by Gasteiger charge is 2.56. The molecule has 0 amide bonds. The van der Waals surface area contributed by atoms with Crippen LogP contribution < -0.4 is 4.74 Å². The van der Waals surface area contributed by atoms with Crippen molar-refractivity contribution in [3.63, 3.8) is 0 Å². The average Bonchev–Trinajstić information content (AvgIpc) is 2.99. The van der Waals surface area contributed by atoms with E-state index in [-0.39, 0.29) is 5.41 Å². The van der Waals surface area contributed by atoms with Gasteiger partial charge in [0.1, 0.15) is 11.9 Å². The van der Waals surface area contributed by atoms with Crippen LogP contribution in [0.1, 0.15) is 63.9 Å². The van der Waals surface area contributed by atoms with E-state index in [0.717, 1.165) is 12.2 Å². The predicted octanol–water partition coefficient (Wildman–Crippen LogP) is 5.52. The number of rotatable bonds is 4. The molecule has 0 aromatic heterocycles. The van der Waals surface area contributed by atoms with E-state index in [1.165, 1.54) is 37.7 Å². The van der Waals surface area contributed by atoms with E-state index >= 15 is 0 Å². The average molecular weight is 293 g/mol. The molecular weight excluding hydrogens is 268 g/mol. The second-order valence-corrected chi connectivity index (χ2v) is 7.16. The first-order chi connectivity index (χ1) is 9.65. The maximum absolute atomic E-state index is 6.48. The van der Waals surface area contributed by atoms with Gasteiger partial charge in [0.2, 0.25) is 0 Å². The zero-order valence-corrected chi connectivity index (χ0v) is 13.3. The van der Waals surface area contributed by atoms with Gasteiger partial charge in [-0.2, -0.15) is 0 Å². The van der Waals surface area contributed by atoms with Gasteiger partial charge in [-0.15, -0.1) is 11.6 Å². The molecule has 1 aromatic carbocycles. The van der Waals surface area contributed by atoms with E-state index in [9.17, 15) is 0 Å². The molecule has 3 unspecified atom stereocenters. The summed E-state index contributed by atoms with van der Waals surface area (Å²) in [4.78, 5) is 0. The molecule has 1 spiro atoms. The highest BCUT2D eigenvalue weighted by Crippen LogP contribution is 2.57. The zero-order chi connectivity index (χ0) is 14.2. The first-order valence-corrected chi connectivity index (χ1v) is 8.50. The fourth-order valence-electron chi connectivity index (χ4n) is 3.81. The molecule has 110 valence electrons. The molecule has 2 aliphatic carbocycles. The fourth-order valence-corrected chi connectivity index (χ4v) is 4.33. The van der Waals surface area contributed by atoms with Crippen molar-refractivity contribution in [2.24, 2.45) is 5.41 Å². The third kappa shape index (κ3) is 2.35. The number of halogens is 1. The summed E-state index contributed by atoms with van der Waals surface area (Å²) in [5.74, 6) is 1.64. The third-order valence-corrected chi connectivity index (χ3v) is 6.17. The molecule has 0 radical (unpaired) electrons. The number of hydrogen-bond donors (Lipinski definition) is 0. The minimum Gasteiger partial charge on any atom is -0.490 e. The van der Waals surface area contributed by atoms with Gasteiger partial charge < -0.3 is 4.74 Å². The molecule has 2 saturated carbocycles. The minimum absolute atomic E-state index is 0.275. The second kappa shape index (κ2) is 5.60. The Bertz CT molecular complexity index is 447. The molecule has 0 aliphatic heterocycles. The molecule has 2 fully saturated rings. The highest BCUT2D eigenvalue weighted by molar-refractivity contribution is 6.21. The first-order valence-electron chi connectivity index (χ1n) is 8.06. The maximum Gasteiger partial charge on any atom is 0.119 e. The molecule has 1 aromatic rings. The summed E-state index contributed by atoms with van der Waals surface area (Å²) >= 11 is 6.48. The van der Waals surface area contributed by atoms with Gasteiger partial charge in [0.05, 0.1) is 0 Å². The van der Waals surface area contributed by atoms with Crippen LogP contribution in [0, 0.1) is 5.41 Å². The Hall–Kier alpha value is -0.690. The molecular formula is C18H25ClO. The van der Waals surface area contributed by atoms with Crippen LogP contribution in [0.4, 0.5) is 0 Å². The molecule has 2 aliphatic rings. The summed E-state index contributed by atoms with van der Waals surface area (Å²) in [7, 11) is 0. The maximum atomic E-state index is 6.48. The second-order valence-electron chi connectivity index (χ2n) is 6.63. The summed E-state index contributed by atoms with van der Waals surface area (Å²) in [6, 6.07) is 8.68. The van der Waals surface area contributed by atoms with Crippen molar-refractivity contribution >= 4 is 11.6 Å². The number of alkyl halides is 1. The molecule has 0 heterocycles. The van der Waals surface area contributed by atoms with Crippen molar-refractivity contribution in [2.45, 2.75) is 69.8 Å². The highest BCUT2D eigenvalue weighted by atomic mass is 35.5. The largest absolute Gasteiger partial charge is 0.490 e. The minimum atomic E-state index is 0.275. The lowest BCUT2D eigenvalue weighted by Crippen LogP contribution is -2.55. The van der Waals surface area contributed by atoms with Crippen LogP contribution >= 0.6 is 11.6 Å². The van der Waals surface area contributed by atoms with Crippen LogP contribution in [-0.4, -0.2) is 11.5 Å². The van der Waals surface area contributed by atoms with Gasteiger partial charge >= 0.3 is 0 Å². The molecule has 3 rings (SSSR count). The Kier molecular flexibility index (Phi) is 3.99. The van der Waals surface area contributed by atoms with Gasteiger partial charge in [-0.05, 0) is 42.9 Å². The van der Waals surface area contributed by atoms with Crippen molar-refractivity contribution in [1.29, 1.82) is 0 Å². The predicted molar refractivity (Wildman–Crippen MR) is 84.7 cm³/mol. The van der Waals surface area contributed by atoms with Gasteiger partial charge in [-0.25, -0.2) is 0 Å². The molecule has 20 heavy (non-hydrogen) atoms. The van der Waals surface area contributed by atoms with Crippen molar-refractivity contribution in [2.75, 3.05) is 0 Å². The fraction of sp³-hybridized carbons (Fsp3) is 0.667. The lowest BCUT2D eigenvalue weighted by molar-refractivity contribution is -0.0355. The van der Waals surface area contributed by atoms with Crippen LogP contribution in [0.2, 0.25) is 0 Å². The lowest BCUT2D eigenvalue weighted by atomic mass is 9.64. The standard InChI is InChI=1S/C18H25ClO/c1-3-13(2)14-6-8-15(9-7-14)20-17-12-16(19)18(17)10-4-5-11-18/h6-9,13,16-17H,3-5,10-12H2,1-2H3. The van der Waals surface area contributed by atoms with Crippen LogP contribution in [0.3, 0.4) is 0 Å². The van der Waals surface area contributed by atoms with Crippen molar-refractivity contribution in [3.8, 4) is 5.75 Å². The van der Waals surface area contributed by atoms with E-state index in [0.29, 0.717) is 17.4 Å². The summed E-state index contributed by atoms with van der Waals surface area (Å²) in [6.07, 6.45) is 7.65. The molecule has 0 saturated heterocycles. The molecule has 0 bridgehead atoms. The molecule has 1 nitrogen and oxygen atoms in total. The van der Waals surface area contributed by atoms with Crippen LogP contribution in [0.25, 0.3) is 0 Å². The topological polar surface area (TPSA) is 9.23 Å². The Morgan fingerprint density at radius 2 is 1.90 bits per heavy atom. The van der Waals surface area contributed by atoms with Crippen LogP contribution in [0.15, 0.2) is 24.3 Å². The first kappa shape index (κ1) is 14.3. The van der Waals surface area contributed by atoms with E-state index in [2.05, 4.69) is 38.1 Å². The Morgan fingerprint density at radius 3 is 2.45 bits per heavy atom. The van der Waals surface area contributed by atoms with E-state index in [4.69, 9.17) is 16.3 Å². The van der Waals surface area contributed by atoms with E-state index in [1.54, 1.807) is 0 Å².